The van der Waals surface area contributed by atoms with E-state index in [1.807, 2.05) is 24.4 Å². The molecule has 0 aliphatic rings. The van der Waals surface area contributed by atoms with Gasteiger partial charge in [-0.05, 0) is 30.3 Å². The van der Waals surface area contributed by atoms with Crippen LogP contribution in [0.25, 0.3) is 16.6 Å². The van der Waals surface area contributed by atoms with Crippen molar-refractivity contribution in [3.05, 3.63) is 70.4 Å². The first-order chi connectivity index (χ1) is 12.7. The third kappa shape index (κ3) is 2.67. The van der Waals surface area contributed by atoms with Crippen molar-refractivity contribution in [2.24, 2.45) is 0 Å². The summed E-state index contributed by atoms with van der Waals surface area (Å²) < 4.78 is 6.92. The van der Waals surface area contributed by atoms with Crippen LogP contribution in [0.4, 0.5) is 0 Å². The molecule has 0 aliphatic carbocycles. The zero-order valence-electron chi connectivity index (χ0n) is 13.9. The minimum Gasteiger partial charge on any atom is -0.497 e. The second-order valence-corrected chi connectivity index (χ2v) is 5.67. The van der Waals surface area contributed by atoms with Gasteiger partial charge in [0.05, 0.1) is 13.7 Å². The third-order valence-corrected chi connectivity index (χ3v) is 4.12. The van der Waals surface area contributed by atoms with Gasteiger partial charge in [0.1, 0.15) is 11.3 Å². The van der Waals surface area contributed by atoms with Gasteiger partial charge in [0.15, 0.2) is 11.5 Å². The number of benzene rings is 1. The number of nitrogens with one attached hydrogen (secondary N) is 2. The molecule has 26 heavy (non-hydrogen) atoms. The van der Waals surface area contributed by atoms with Gasteiger partial charge in [-0.15, -0.1) is 10.2 Å². The van der Waals surface area contributed by atoms with Crippen molar-refractivity contribution in [2.75, 3.05) is 7.11 Å². The Morgan fingerprint density at radius 1 is 1.27 bits per heavy atom. The number of rotatable bonds is 4. The van der Waals surface area contributed by atoms with Crippen LogP contribution < -0.4 is 15.5 Å². The Morgan fingerprint density at radius 3 is 3.00 bits per heavy atom. The summed E-state index contributed by atoms with van der Waals surface area (Å²) in [6, 6.07) is 10.6. The molecular formula is C18H15N5O3. The molecule has 3 aromatic heterocycles. The van der Waals surface area contributed by atoms with Gasteiger partial charge in [0, 0.05) is 23.3 Å². The van der Waals surface area contributed by atoms with E-state index >= 15 is 0 Å². The fourth-order valence-corrected chi connectivity index (χ4v) is 2.76. The summed E-state index contributed by atoms with van der Waals surface area (Å²) in [7, 11) is 1.52. The van der Waals surface area contributed by atoms with E-state index in [0.29, 0.717) is 28.1 Å². The second kappa shape index (κ2) is 6.32. The molecule has 0 saturated heterocycles. The fourth-order valence-electron chi connectivity index (χ4n) is 2.76. The molecule has 130 valence electrons. The maximum Gasteiger partial charge on any atom is 0.257 e. The van der Waals surface area contributed by atoms with E-state index < -0.39 is 5.91 Å². The number of pyridine rings is 2. The van der Waals surface area contributed by atoms with Crippen LogP contribution in [0.15, 0.2) is 53.6 Å². The Balaban J connectivity index is 1.62. The standard InChI is InChI=1S/C18H15N5O3/c1-26-11-5-6-14-12(8-11)17(24)13(9-19-14)18(25)20-10-16-22-21-15-4-2-3-7-23(15)16/h2-9H,10H2,1H3,(H,19,24)(H,20,25). The van der Waals surface area contributed by atoms with Crippen LogP contribution in [-0.4, -0.2) is 32.6 Å². The van der Waals surface area contributed by atoms with Crippen molar-refractivity contribution < 1.29 is 9.53 Å². The van der Waals surface area contributed by atoms with E-state index in [-0.39, 0.29) is 17.5 Å². The predicted molar refractivity (Wildman–Crippen MR) is 95.3 cm³/mol. The minimum atomic E-state index is -0.483. The summed E-state index contributed by atoms with van der Waals surface area (Å²) in [4.78, 5) is 28.1. The van der Waals surface area contributed by atoms with Crippen LogP contribution >= 0.6 is 0 Å². The number of hydrogen-bond donors (Lipinski definition) is 2. The molecule has 4 rings (SSSR count). The Labute approximate surface area is 147 Å². The number of aromatic amines is 1. The molecule has 0 spiro atoms. The topological polar surface area (TPSA) is 101 Å². The Morgan fingerprint density at radius 2 is 2.15 bits per heavy atom. The number of nitrogens with zero attached hydrogens (tertiary/aromatic N) is 3. The highest BCUT2D eigenvalue weighted by atomic mass is 16.5. The summed E-state index contributed by atoms with van der Waals surface area (Å²) in [6.45, 7) is 0.152. The maximum atomic E-state index is 12.6. The van der Waals surface area contributed by atoms with Crippen LogP contribution in [0.2, 0.25) is 0 Å². The fraction of sp³-hybridized carbons (Fsp3) is 0.111. The highest BCUT2D eigenvalue weighted by Gasteiger charge is 2.14. The maximum absolute atomic E-state index is 12.6. The number of ether oxygens (including phenoxy) is 1. The van der Waals surface area contributed by atoms with Gasteiger partial charge >= 0.3 is 0 Å². The lowest BCUT2D eigenvalue weighted by Gasteiger charge is -2.06. The SMILES string of the molecule is COc1ccc2[nH]cc(C(=O)NCc3nnc4ccccn34)c(=O)c2c1. The normalized spacial score (nSPS) is 11.0. The van der Waals surface area contributed by atoms with Gasteiger partial charge in [-0.1, -0.05) is 6.07 Å². The molecule has 3 heterocycles. The number of hydrogen-bond acceptors (Lipinski definition) is 5. The van der Waals surface area contributed by atoms with Crippen molar-refractivity contribution in [1.82, 2.24) is 24.9 Å². The van der Waals surface area contributed by atoms with Gasteiger partial charge in [0.2, 0.25) is 5.43 Å². The number of aromatic nitrogens is 4. The molecule has 4 aromatic rings. The monoisotopic (exact) mass is 349 g/mol. The molecule has 1 amide bonds. The van der Waals surface area contributed by atoms with Crippen molar-refractivity contribution in [3.8, 4) is 5.75 Å². The van der Waals surface area contributed by atoms with Crippen LogP contribution in [0, 0.1) is 0 Å². The first-order valence-electron chi connectivity index (χ1n) is 7.93. The third-order valence-electron chi connectivity index (χ3n) is 4.12. The molecule has 2 N–H and O–H groups in total. The lowest BCUT2D eigenvalue weighted by Crippen LogP contribution is -2.29. The lowest BCUT2D eigenvalue weighted by molar-refractivity contribution is 0.0948. The largest absolute Gasteiger partial charge is 0.497 e. The molecule has 8 nitrogen and oxygen atoms in total. The molecule has 0 radical (unpaired) electrons. The van der Waals surface area contributed by atoms with Gasteiger partial charge in [-0.3, -0.25) is 14.0 Å². The molecule has 0 saturated carbocycles. The zero-order chi connectivity index (χ0) is 18.1. The molecule has 0 unspecified atom stereocenters. The zero-order valence-corrected chi connectivity index (χ0v) is 13.9. The Hall–Kier alpha value is -3.68. The molecule has 0 fully saturated rings. The number of carbonyl (C=O) groups is 1. The first kappa shape index (κ1) is 15.8. The lowest BCUT2D eigenvalue weighted by atomic mass is 10.1. The average Bonchev–Trinajstić information content (AvgIpc) is 3.09. The highest BCUT2D eigenvalue weighted by molar-refractivity contribution is 5.97. The molecule has 0 atom stereocenters. The van der Waals surface area contributed by atoms with E-state index in [1.54, 1.807) is 22.6 Å². The van der Waals surface area contributed by atoms with Gasteiger partial charge in [-0.25, -0.2) is 0 Å². The first-order valence-corrected chi connectivity index (χ1v) is 7.93. The summed E-state index contributed by atoms with van der Waals surface area (Å²) in [5.74, 6) is 0.645. The number of carbonyl (C=O) groups excluding carboxylic acids is 1. The predicted octanol–water partition coefficient (Wildman–Crippen LogP) is 1.51. The van der Waals surface area contributed by atoms with E-state index in [9.17, 15) is 9.59 Å². The quantitative estimate of drug-likeness (QED) is 0.581. The van der Waals surface area contributed by atoms with Crippen molar-refractivity contribution in [2.45, 2.75) is 6.54 Å². The number of methoxy groups -OCH3 is 1. The summed E-state index contributed by atoms with van der Waals surface area (Å²) >= 11 is 0. The van der Waals surface area contributed by atoms with Crippen molar-refractivity contribution >= 4 is 22.5 Å². The van der Waals surface area contributed by atoms with Crippen LogP contribution in [0.5, 0.6) is 5.75 Å². The van der Waals surface area contributed by atoms with E-state index in [1.165, 1.54) is 13.3 Å². The van der Waals surface area contributed by atoms with Crippen LogP contribution in [0.1, 0.15) is 16.2 Å². The second-order valence-electron chi connectivity index (χ2n) is 5.67. The molecule has 1 aromatic carbocycles. The van der Waals surface area contributed by atoms with Crippen molar-refractivity contribution in [3.63, 3.8) is 0 Å². The molecule has 0 aliphatic heterocycles. The molecule has 8 heteroatoms. The molecule has 0 bridgehead atoms. The minimum absolute atomic E-state index is 0.0274. The number of amides is 1. The Kier molecular flexibility index (Phi) is 3.85. The smallest absolute Gasteiger partial charge is 0.257 e. The number of H-pyrrole nitrogens is 1. The van der Waals surface area contributed by atoms with E-state index in [2.05, 4.69) is 20.5 Å². The van der Waals surface area contributed by atoms with Gasteiger partial charge in [0.25, 0.3) is 5.91 Å². The Bertz CT molecular complexity index is 1180. The van der Waals surface area contributed by atoms with E-state index in [0.717, 1.165) is 0 Å². The van der Waals surface area contributed by atoms with Gasteiger partial charge < -0.3 is 15.0 Å². The van der Waals surface area contributed by atoms with Gasteiger partial charge in [-0.2, -0.15) is 0 Å². The van der Waals surface area contributed by atoms with E-state index in [4.69, 9.17) is 4.74 Å². The highest BCUT2D eigenvalue weighted by Crippen LogP contribution is 2.16. The molecular weight excluding hydrogens is 334 g/mol. The summed E-state index contributed by atoms with van der Waals surface area (Å²) in [5.41, 5.74) is 0.990. The van der Waals surface area contributed by atoms with Crippen LogP contribution in [-0.2, 0) is 6.54 Å². The number of fused-ring (bicyclic) bond motifs is 2. The average molecular weight is 349 g/mol. The van der Waals surface area contributed by atoms with Crippen LogP contribution in [0.3, 0.4) is 0 Å². The van der Waals surface area contributed by atoms with Crippen molar-refractivity contribution in [1.29, 1.82) is 0 Å². The summed E-state index contributed by atoms with van der Waals surface area (Å²) in [6.07, 6.45) is 3.22. The summed E-state index contributed by atoms with van der Waals surface area (Å²) in [5, 5.41) is 11.2.